The highest BCUT2D eigenvalue weighted by Gasteiger charge is 2.28. The fraction of sp³-hybridized carbons (Fsp3) is 0. The van der Waals surface area contributed by atoms with Crippen molar-refractivity contribution in [2.75, 3.05) is 0 Å². The van der Waals surface area contributed by atoms with Gasteiger partial charge in [-0.25, -0.2) is 9.97 Å². The Morgan fingerprint density at radius 3 is 2.04 bits per heavy atom. The minimum Gasteiger partial charge on any atom is -0.456 e. The van der Waals surface area contributed by atoms with Crippen LogP contribution in [0.1, 0.15) is 0 Å². The topological polar surface area (TPSA) is 57.0 Å². The first kappa shape index (κ1) is 26.0. The molecule has 4 heterocycles. The summed E-state index contributed by atoms with van der Waals surface area (Å²) < 4.78 is 15.1. The molecule has 234 valence electrons. The van der Waals surface area contributed by atoms with Crippen LogP contribution in [0.25, 0.3) is 126 Å². The maximum Gasteiger partial charge on any atom is 0.165 e. The van der Waals surface area contributed by atoms with Gasteiger partial charge in [-0.05, 0) is 81.9 Å². The molecule has 1 aliphatic carbocycles. The molecule has 13 rings (SSSR count). The Kier molecular flexibility index (Phi) is 4.57. The fourth-order valence-electron chi connectivity index (χ4n) is 8.96. The summed E-state index contributed by atoms with van der Waals surface area (Å²) in [5, 5.41) is 11.5. The minimum atomic E-state index is 0.788. The monoisotopic (exact) mass is 649 g/mol. The van der Waals surface area contributed by atoms with Gasteiger partial charge in [0.15, 0.2) is 5.82 Å². The number of para-hydroxylation sites is 1. The number of hydrogen-bond donors (Lipinski definition) is 0. The van der Waals surface area contributed by atoms with E-state index in [9.17, 15) is 0 Å². The Morgan fingerprint density at radius 2 is 1.10 bits per heavy atom. The predicted molar refractivity (Wildman–Crippen MR) is 208 cm³/mol. The fourth-order valence-corrected chi connectivity index (χ4v) is 8.96. The Hall–Kier alpha value is -6.98. The second-order valence-corrected chi connectivity index (χ2v) is 13.7. The van der Waals surface area contributed by atoms with Gasteiger partial charge in [0.2, 0.25) is 0 Å². The number of nitrogens with zero attached hydrogens (tertiary/aromatic N) is 3. The van der Waals surface area contributed by atoms with Crippen molar-refractivity contribution in [2.24, 2.45) is 0 Å². The highest BCUT2D eigenvalue weighted by atomic mass is 16.3. The molecule has 0 radical (unpaired) electrons. The molecule has 0 saturated heterocycles. The zero-order valence-electron chi connectivity index (χ0n) is 26.9. The van der Waals surface area contributed by atoms with Crippen molar-refractivity contribution in [3.8, 4) is 28.2 Å². The Balaban J connectivity index is 1.25. The molecule has 0 atom stereocenters. The molecule has 12 aromatic rings. The first-order valence-corrected chi connectivity index (χ1v) is 17.2. The van der Waals surface area contributed by atoms with Gasteiger partial charge < -0.3 is 8.83 Å². The smallest absolute Gasteiger partial charge is 0.165 e. The molecule has 0 fully saturated rings. The lowest BCUT2D eigenvalue weighted by molar-refractivity contribution is 0.668. The summed E-state index contributed by atoms with van der Waals surface area (Å²) in [5.74, 6) is 0.788. The molecule has 4 aromatic heterocycles. The van der Waals surface area contributed by atoms with Gasteiger partial charge in [-0.3, -0.25) is 4.57 Å². The standard InChI is InChI=1S/C46H23N3O2/c1-2-9-27-24(7-1)15-18-32-45(27)48-46(44(47-32)26-17-21-36-31(23-26)28-10-3-4-13-35(28)50-36)49-33-19-16-25-8-5-11-29-30-12-6-14-37-40(30)43-38(51-37)22-20-34(49)42(43)41(33)39(25)29/h1-23H. The Morgan fingerprint density at radius 1 is 0.431 bits per heavy atom. The molecule has 1 aliphatic rings. The first-order chi connectivity index (χ1) is 25.3. The maximum atomic E-state index is 6.55. The van der Waals surface area contributed by atoms with E-state index < -0.39 is 0 Å². The van der Waals surface area contributed by atoms with Gasteiger partial charge in [-0.1, -0.05) is 84.9 Å². The Labute approximate surface area is 288 Å². The van der Waals surface area contributed by atoms with Crippen molar-refractivity contribution < 1.29 is 8.83 Å². The summed E-state index contributed by atoms with van der Waals surface area (Å²) in [5.41, 5.74) is 11.6. The molecular weight excluding hydrogens is 627 g/mol. The molecular formula is C46H23N3O2. The second-order valence-electron chi connectivity index (χ2n) is 13.7. The highest BCUT2D eigenvalue weighted by molar-refractivity contribution is 6.38. The van der Waals surface area contributed by atoms with Crippen LogP contribution in [-0.4, -0.2) is 14.5 Å². The van der Waals surface area contributed by atoms with E-state index in [4.69, 9.17) is 18.8 Å². The van der Waals surface area contributed by atoms with Crippen molar-refractivity contribution >= 4 is 98.3 Å². The second kappa shape index (κ2) is 8.97. The van der Waals surface area contributed by atoms with Crippen LogP contribution in [0.2, 0.25) is 0 Å². The van der Waals surface area contributed by atoms with Crippen molar-refractivity contribution in [1.29, 1.82) is 0 Å². The number of furan rings is 2. The van der Waals surface area contributed by atoms with E-state index in [-0.39, 0.29) is 0 Å². The zero-order chi connectivity index (χ0) is 32.9. The van der Waals surface area contributed by atoms with E-state index >= 15 is 0 Å². The summed E-state index contributed by atoms with van der Waals surface area (Å²) in [4.78, 5) is 11.1. The van der Waals surface area contributed by atoms with Gasteiger partial charge in [0.25, 0.3) is 0 Å². The number of fused-ring (bicyclic) bond motifs is 7. The van der Waals surface area contributed by atoms with Crippen LogP contribution in [0.3, 0.4) is 0 Å². The van der Waals surface area contributed by atoms with E-state index in [1.807, 2.05) is 12.1 Å². The van der Waals surface area contributed by atoms with Crippen LogP contribution in [-0.2, 0) is 0 Å². The molecule has 8 aromatic carbocycles. The first-order valence-electron chi connectivity index (χ1n) is 17.2. The number of rotatable bonds is 2. The molecule has 5 heteroatoms. The van der Waals surface area contributed by atoms with Crippen molar-refractivity contribution in [1.82, 2.24) is 14.5 Å². The molecule has 0 spiro atoms. The van der Waals surface area contributed by atoms with E-state index in [2.05, 4.69) is 132 Å². The molecule has 5 nitrogen and oxygen atoms in total. The molecule has 0 saturated carbocycles. The van der Waals surface area contributed by atoms with Gasteiger partial charge in [-0.15, -0.1) is 0 Å². The average molecular weight is 650 g/mol. The summed E-state index contributed by atoms with van der Waals surface area (Å²) in [7, 11) is 0. The molecule has 0 bridgehead atoms. The number of aromatic nitrogens is 3. The molecule has 0 unspecified atom stereocenters. The van der Waals surface area contributed by atoms with E-state index in [1.165, 1.54) is 32.7 Å². The van der Waals surface area contributed by atoms with Gasteiger partial charge >= 0.3 is 0 Å². The van der Waals surface area contributed by atoms with Crippen molar-refractivity contribution in [2.45, 2.75) is 0 Å². The third-order valence-electron chi connectivity index (χ3n) is 11.1. The summed E-state index contributed by atoms with van der Waals surface area (Å²) >= 11 is 0. The molecule has 0 aliphatic heterocycles. The van der Waals surface area contributed by atoms with Gasteiger partial charge in [-0.2, -0.15) is 0 Å². The van der Waals surface area contributed by atoms with Crippen LogP contribution in [0.5, 0.6) is 0 Å². The average Bonchev–Trinajstić information content (AvgIpc) is 3.83. The van der Waals surface area contributed by atoms with Gasteiger partial charge in [0.1, 0.15) is 28.0 Å². The lowest BCUT2D eigenvalue weighted by Gasteiger charge is -2.15. The maximum absolute atomic E-state index is 6.55. The number of hydrogen-bond acceptors (Lipinski definition) is 4. The number of benzene rings is 8. The Bertz CT molecular complexity index is 3550. The molecule has 0 N–H and O–H groups in total. The molecule has 0 amide bonds. The van der Waals surface area contributed by atoms with Crippen LogP contribution >= 0.6 is 0 Å². The van der Waals surface area contributed by atoms with Crippen LogP contribution in [0, 0.1) is 0 Å². The SMILES string of the molecule is c1ccc2c(c1)ccc1nc(-c3ccc4oc5ccccc5c4c3)c(-n3c4ccc5cccc6c5c4c4c5c(ccc43)oc3cccc-6c35)nc12. The van der Waals surface area contributed by atoms with E-state index in [0.29, 0.717) is 0 Å². The summed E-state index contributed by atoms with van der Waals surface area (Å²) in [6.45, 7) is 0. The lowest BCUT2D eigenvalue weighted by atomic mass is 9.95. The van der Waals surface area contributed by atoms with Crippen molar-refractivity contribution in [3.63, 3.8) is 0 Å². The third-order valence-corrected chi connectivity index (χ3v) is 11.1. The summed E-state index contributed by atoms with van der Waals surface area (Å²) in [6, 6.07) is 49.2. The quantitative estimate of drug-likeness (QED) is 0.175. The normalized spacial score (nSPS) is 12.7. The third kappa shape index (κ3) is 3.17. The van der Waals surface area contributed by atoms with Gasteiger partial charge in [0, 0.05) is 43.3 Å². The lowest BCUT2D eigenvalue weighted by Crippen LogP contribution is -2.04. The largest absolute Gasteiger partial charge is 0.456 e. The predicted octanol–water partition coefficient (Wildman–Crippen LogP) is 12.5. The van der Waals surface area contributed by atoms with Crippen LogP contribution < -0.4 is 0 Å². The zero-order valence-corrected chi connectivity index (χ0v) is 26.9. The minimum absolute atomic E-state index is 0.788. The van der Waals surface area contributed by atoms with Gasteiger partial charge in [0.05, 0.1) is 22.1 Å². The van der Waals surface area contributed by atoms with Crippen molar-refractivity contribution in [3.05, 3.63) is 140 Å². The summed E-state index contributed by atoms with van der Waals surface area (Å²) in [6.07, 6.45) is 0. The van der Waals surface area contributed by atoms with Crippen LogP contribution in [0.4, 0.5) is 0 Å². The van der Waals surface area contributed by atoms with E-state index in [1.54, 1.807) is 0 Å². The van der Waals surface area contributed by atoms with E-state index in [0.717, 1.165) is 93.8 Å². The molecule has 51 heavy (non-hydrogen) atoms. The highest BCUT2D eigenvalue weighted by Crippen LogP contribution is 2.51. The van der Waals surface area contributed by atoms with Crippen LogP contribution in [0.15, 0.2) is 148 Å².